The normalized spacial score (nSPS) is 12.5. The van der Waals surface area contributed by atoms with Gasteiger partial charge in [0.05, 0.1) is 42.4 Å². The molecule has 0 aliphatic carbocycles. The number of aryl methyl sites for hydroxylation is 2. The highest BCUT2D eigenvalue weighted by Gasteiger charge is 2.22. The van der Waals surface area contributed by atoms with Gasteiger partial charge in [0.15, 0.2) is 0 Å². The van der Waals surface area contributed by atoms with Gasteiger partial charge in [-0.15, -0.1) is 0 Å². The second kappa shape index (κ2) is 12.7. The van der Waals surface area contributed by atoms with Crippen molar-refractivity contribution < 1.29 is 19.3 Å². The number of aliphatic hydroxyl groups excluding tert-OH is 1. The lowest BCUT2D eigenvalue weighted by Gasteiger charge is -2.25. The number of aliphatic hydroxyl groups is 1. The first-order valence-corrected chi connectivity index (χ1v) is 11.8. The van der Waals surface area contributed by atoms with Crippen LogP contribution in [0.4, 0.5) is 0 Å². The molecule has 7 nitrogen and oxygen atoms in total. The summed E-state index contributed by atoms with van der Waals surface area (Å²) in [5.41, 5.74) is 3.94. The minimum atomic E-state index is -0.606. The number of methoxy groups -OCH3 is 1. The number of rotatable bonds is 13. The predicted molar refractivity (Wildman–Crippen MR) is 134 cm³/mol. The fourth-order valence-corrected chi connectivity index (χ4v) is 3.62. The number of nitrogens with zero attached hydrogens (tertiary/aromatic N) is 3. The number of aromatic nitrogens is 2. The number of benzene rings is 2. The molecule has 0 radical (unpaired) electrons. The van der Waals surface area contributed by atoms with Crippen molar-refractivity contribution >= 4 is 0 Å². The first kappa shape index (κ1) is 25.9. The fraction of sp³-hybridized carbons (Fsp3) is 0.444. The maximum Gasteiger partial charge on any atom is 0.227 e. The van der Waals surface area contributed by atoms with Crippen molar-refractivity contribution in [2.45, 2.75) is 46.4 Å². The average molecular weight is 468 g/mol. The van der Waals surface area contributed by atoms with E-state index in [-0.39, 0.29) is 12.7 Å². The van der Waals surface area contributed by atoms with E-state index in [1.807, 2.05) is 80.1 Å². The average Bonchev–Trinajstić information content (AvgIpc) is 3.13. The van der Waals surface area contributed by atoms with Crippen LogP contribution in [0, 0.1) is 13.8 Å². The van der Waals surface area contributed by atoms with Crippen molar-refractivity contribution in [2.24, 2.45) is 0 Å². The third-order valence-electron chi connectivity index (χ3n) is 5.46. The molecular formula is C27H37N3O4. The molecule has 0 bridgehead atoms. The quantitative estimate of drug-likeness (QED) is 0.399. The Labute approximate surface area is 202 Å². The van der Waals surface area contributed by atoms with Crippen LogP contribution < -0.4 is 4.74 Å². The molecule has 1 N–H and O–H groups in total. The van der Waals surface area contributed by atoms with E-state index in [1.165, 1.54) is 5.56 Å². The molecule has 34 heavy (non-hydrogen) atoms. The van der Waals surface area contributed by atoms with E-state index in [4.69, 9.17) is 19.3 Å². The van der Waals surface area contributed by atoms with Gasteiger partial charge < -0.3 is 19.3 Å². The lowest BCUT2D eigenvalue weighted by atomic mass is 10.2. The zero-order valence-electron chi connectivity index (χ0n) is 20.9. The van der Waals surface area contributed by atoms with Crippen LogP contribution in [0.1, 0.15) is 30.7 Å². The van der Waals surface area contributed by atoms with Gasteiger partial charge in [0.2, 0.25) is 5.88 Å². The lowest BCUT2D eigenvalue weighted by Crippen LogP contribution is -2.37. The van der Waals surface area contributed by atoms with Gasteiger partial charge in [-0.2, -0.15) is 5.10 Å². The molecule has 2 aromatic carbocycles. The summed E-state index contributed by atoms with van der Waals surface area (Å²) in [6.07, 6.45) is -0.534. The van der Waals surface area contributed by atoms with Crippen molar-refractivity contribution in [1.82, 2.24) is 14.7 Å². The summed E-state index contributed by atoms with van der Waals surface area (Å²) >= 11 is 0. The third kappa shape index (κ3) is 7.40. The maximum atomic E-state index is 10.6. The van der Waals surface area contributed by atoms with Crippen LogP contribution in [0.3, 0.4) is 0 Å². The maximum absolute atomic E-state index is 10.6. The van der Waals surface area contributed by atoms with E-state index in [1.54, 1.807) is 7.11 Å². The van der Waals surface area contributed by atoms with Gasteiger partial charge in [-0.05, 0) is 52.0 Å². The van der Waals surface area contributed by atoms with Crippen molar-refractivity contribution in [2.75, 3.05) is 33.4 Å². The topological polar surface area (TPSA) is 69.0 Å². The Morgan fingerprint density at radius 2 is 1.74 bits per heavy atom. The van der Waals surface area contributed by atoms with E-state index in [2.05, 4.69) is 11.8 Å². The van der Waals surface area contributed by atoms with Crippen LogP contribution in [0.5, 0.6) is 11.6 Å². The second-order valence-electron chi connectivity index (χ2n) is 8.80. The molecule has 0 aliphatic heterocycles. The monoisotopic (exact) mass is 467 g/mol. The van der Waals surface area contributed by atoms with E-state index >= 15 is 0 Å². The van der Waals surface area contributed by atoms with Gasteiger partial charge >= 0.3 is 0 Å². The summed E-state index contributed by atoms with van der Waals surface area (Å²) in [6.45, 7) is 10.5. The minimum Gasteiger partial charge on any atom is -0.439 e. The fourth-order valence-electron chi connectivity index (χ4n) is 3.62. The Morgan fingerprint density at radius 3 is 2.38 bits per heavy atom. The predicted octanol–water partition coefficient (Wildman–Crippen LogP) is 4.52. The first-order valence-electron chi connectivity index (χ1n) is 11.8. The Morgan fingerprint density at radius 1 is 1.03 bits per heavy atom. The number of ether oxygens (including phenoxy) is 3. The lowest BCUT2D eigenvalue weighted by molar-refractivity contribution is -0.0122. The molecule has 0 saturated carbocycles. The Bertz CT molecular complexity index is 1000. The van der Waals surface area contributed by atoms with E-state index < -0.39 is 6.10 Å². The molecule has 0 spiro atoms. The molecule has 7 heteroatoms. The Kier molecular flexibility index (Phi) is 9.65. The Balaban J connectivity index is 1.92. The smallest absolute Gasteiger partial charge is 0.227 e. The van der Waals surface area contributed by atoms with E-state index in [0.717, 1.165) is 22.7 Å². The number of hydrogen-bond acceptors (Lipinski definition) is 6. The molecule has 184 valence electrons. The van der Waals surface area contributed by atoms with E-state index in [0.29, 0.717) is 32.1 Å². The number of hydrogen-bond donors (Lipinski definition) is 1. The highest BCUT2D eigenvalue weighted by molar-refractivity contribution is 5.43. The van der Waals surface area contributed by atoms with Crippen LogP contribution in [-0.4, -0.2) is 65.4 Å². The summed E-state index contributed by atoms with van der Waals surface area (Å²) < 4.78 is 19.2. The molecule has 3 aromatic rings. The van der Waals surface area contributed by atoms with Gasteiger partial charge in [-0.1, -0.05) is 35.9 Å². The standard InChI is InChI=1S/C27H37N3O4/c1-20(2)33-19-24(31)17-29(15-16-32-5)18-26-22(4)28-30(23-9-7-6-8-10-23)27(26)34-25-13-11-21(3)12-14-25/h6-14,20,24,31H,15-19H2,1-5H3/t24-/m1/s1. The number of para-hydroxylation sites is 1. The van der Waals surface area contributed by atoms with Crippen molar-refractivity contribution in [3.8, 4) is 17.3 Å². The van der Waals surface area contributed by atoms with Gasteiger partial charge in [-0.25, -0.2) is 4.68 Å². The molecule has 0 unspecified atom stereocenters. The largest absolute Gasteiger partial charge is 0.439 e. The highest BCUT2D eigenvalue weighted by atomic mass is 16.5. The van der Waals surface area contributed by atoms with Crippen LogP contribution in [0.25, 0.3) is 5.69 Å². The van der Waals surface area contributed by atoms with Crippen molar-refractivity contribution in [3.05, 3.63) is 71.4 Å². The minimum absolute atomic E-state index is 0.0722. The SMILES string of the molecule is COCCN(Cc1c(C)nn(-c2ccccc2)c1Oc1ccc(C)cc1)C[C@@H](O)COC(C)C. The molecule has 1 atom stereocenters. The van der Waals surface area contributed by atoms with Crippen LogP contribution >= 0.6 is 0 Å². The summed E-state index contributed by atoms with van der Waals surface area (Å²) in [5.74, 6) is 1.42. The molecular weight excluding hydrogens is 430 g/mol. The van der Waals surface area contributed by atoms with Crippen molar-refractivity contribution in [3.63, 3.8) is 0 Å². The van der Waals surface area contributed by atoms with E-state index in [9.17, 15) is 5.11 Å². The van der Waals surface area contributed by atoms with Gasteiger partial charge in [0.1, 0.15) is 5.75 Å². The summed E-state index contributed by atoms with van der Waals surface area (Å²) in [5, 5.41) is 15.4. The summed E-state index contributed by atoms with van der Waals surface area (Å²) in [6, 6.07) is 18.0. The molecule has 0 saturated heterocycles. The first-order chi connectivity index (χ1) is 16.4. The van der Waals surface area contributed by atoms with Gasteiger partial charge in [0, 0.05) is 26.7 Å². The van der Waals surface area contributed by atoms with Gasteiger partial charge in [-0.3, -0.25) is 4.90 Å². The third-order valence-corrected chi connectivity index (χ3v) is 5.46. The zero-order valence-corrected chi connectivity index (χ0v) is 20.9. The highest BCUT2D eigenvalue weighted by Crippen LogP contribution is 2.31. The molecule has 0 fully saturated rings. The Hall–Kier alpha value is -2.71. The molecule has 0 aliphatic rings. The van der Waals surface area contributed by atoms with Crippen molar-refractivity contribution in [1.29, 1.82) is 0 Å². The molecule has 0 amide bonds. The summed E-state index contributed by atoms with van der Waals surface area (Å²) in [4.78, 5) is 2.15. The summed E-state index contributed by atoms with van der Waals surface area (Å²) in [7, 11) is 1.68. The molecule has 1 heterocycles. The second-order valence-corrected chi connectivity index (χ2v) is 8.80. The van der Waals surface area contributed by atoms with Crippen LogP contribution in [-0.2, 0) is 16.0 Å². The molecule has 1 aromatic heterocycles. The zero-order chi connectivity index (χ0) is 24.5. The van der Waals surface area contributed by atoms with Gasteiger partial charge in [0.25, 0.3) is 0 Å². The van der Waals surface area contributed by atoms with Crippen LogP contribution in [0.15, 0.2) is 54.6 Å². The van der Waals surface area contributed by atoms with Crippen LogP contribution in [0.2, 0.25) is 0 Å². The molecule has 3 rings (SSSR count).